The number of aliphatic hydroxyl groups is 2. The number of unbranched alkanes of at least 4 members (excludes halogenated alkanes) is 11. The van der Waals surface area contributed by atoms with E-state index in [1.807, 2.05) is 6.08 Å². The van der Waals surface area contributed by atoms with E-state index in [-0.39, 0.29) is 0 Å². The Morgan fingerprint density at radius 1 is 0.889 bits per heavy atom. The maximum atomic E-state index is 11.7. The van der Waals surface area contributed by atoms with Crippen molar-refractivity contribution in [3.05, 3.63) is 24.3 Å². The van der Waals surface area contributed by atoms with E-state index in [4.69, 9.17) is 0 Å². The molecule has 2 atom stereocenters. The van der Waals surface area contributed by atoms with Crippen LogP contribution in [-0.4, -0.2) is 45.7 Å². The molecule has 27 heavy (non-hydrogen) atoms. The van der Waals surface area contributed by atoms with E-state index in [0.717, 1.165) is 29.9 Å². The third-order valence-electron chi connectivity index (χ3n) is 5.06. The van der Waals surface area contributed by atoms with Crippen molar-refractivity contribution in [2.24, 2.45) is 0 Å². The first-order valence-corrected chi connectivity index (χ1v) is 10.6. The van der Waals surface area contributed by atoms with Crippen LogP contribution in [-0.2, 0) is 9.59 Å². The normalized spacial score (nSPS) is 16.6. The van der Waals surface area contributed by atoms with Gasteiger partial charge in [0.2, 0.25) is 0 Å². The van der Waals surface area contributed by atoms with Crippen molar-refractivity contribution in [1.82, 2.24) is 4.90 Å². The van der Waals surface area contributed by atoms with Gasteiger partial charge in [-0.3, -0.25) is 14.5 Å². The van der Waals surface area contributed by atoms with Gasteiger partial charge in [0, 0.05) is 12.2 Å². The third kappa shape index (κ3) is 9.34. The summed E-state index contributed by atoms with van der Waals surface area (Å²) in [5.41, 5.74) is 0. The molecule has 2 amide bonds. The van der Waals surface area contributed by atoms with Crippen molar-refractivity contribution >= 4 is 11.8 Å². The van der Waals surface area contributed by atoms with Crippen molar-refractivity contribution < 1.29 is 19.8 Å². The maximum absolute atomic E-state index is 11.7. The second-order valence-corrected chi connectivity index (χ2v) is 7.37. The molecule has 5 heteroatoms. The van der Waals surface area contributed by atoms with Crippen LogP contribution in [0.3, 0.4) is 0 Å². The number of allylic oxidation sites excluding steroid dienone is 1. The summed E-state index contributed by atoms with van der Waals surface area (Å²) in [6.07, 6.45) is 19.8. The van der Waals surface area contributed by atoms with Crippen LogP contribution in [0.2, 0.25) is 0 Å². The fraction of sp³-hybridized carbons (Fsp3) is 0.727. The van der Waals surface area contributed by atoms with Gasteiger partial charge in [0.25, 0.3) is 11.8 Å². The molecular weight excluding hydrogens is 342 g/mol. The van der Waals surface area contributed by atoms with Gasteiger partial charge in [-0.2, -0.15) is 0 Å². The summed E-state index contributed by atoms with van der Waals surface area (Å²) < 4.78 is 0. The van der Waals surface area contributed by atoms with Crippen molar-refractivity contribution in [1.29, 1.82) is 0 Å². The standard InChI is InChI=1S/C22H37NO4/c1-2-3-4-5-6-7-8-9-10-11-12-13-14-15-20(25)19(18-24)23-21(26)16-17-22(23)27/h14-17,19-20,24-25H,2-13,18H2,1H3/b15-14+/t19-,20+/m0/s1. The average molecular weight is 380 g/mol. The molecule has 0 aromatic heterocycles. The number of aliphatic hydroxyl groups excluding tert-OH is 2. The molecule has 5 nitrogen and oxygen atoms in total. The van der Waals surface area contributed by atoms with Crippen LogP contribution in [0.1, 0.15) is 84.0 Å². The number of hydrogen-bond donors (Lipinski definition) is 2. The van der Waals surface area contributed by atoms with Gasteiger partial charge < -0.3 is 10.2 Å². The Morgan fingerprint density at radius 3 is 1.85 bits per heavy atom. The number of carbonyl (C=O) groups excluding carboxylic acids is 2. The Labute approximate surface area is 164 Å². The van der Waals surface area contributed by atoms with Crippen LogP contribution in [0.5, 0.6) is 0 Å². The van der Waals surface area contributed by atoms with E-state index in [2.05, 4.69) is 6.92 Å². The molecule has 1 heterocycles. The number of hydrogen-bond acceptors (Lipinski definition) is 4. The molecule has 0 fully saturated rings. The van der Waals surface area contributed by atoms with Crippen molar-refractivity contribution in [2.75, 3.05) is 6.61 Å². The Morgan fingerprint density at radius 2 is 1.37 bits per heavy atom. The SMILES string of the molecule is CCCCCCCCCCCCC/C=C/[C@@H](O)[C@H](CO)N1C(=O)C=CC1=O. The summed E-state index contributed by atoms with van der Waals surface area (Å²) in [6.45, 7) is 1.79. The summed E-state index contributed by atoms with van der Waals surface area (Å²) in [7, 11) is 0. The Kier molecular flexibility index (Phi) is 12.7. The van der Waals surface area contributed by atoms with E-state index in [1.54, 1.807) is 6.08 Å². The zero-order chi connectivity index (χ0) is 19.9. The molecule has 1 aliphatic heterocycles. The monoisotopic (exact) mass is 379 g/mol. The number of imide groups is 1. The zero-order valence-corrected chi connectivity index (χ0v) is 16.8. The minimum Gasteiger partial charge on any atom is -0.394 e. The number of rotatable bonds is 16. The van der Waals surface area contributed by atoms with Crippen LogP contribution in [0.25, 0.3) is 0 Å². The molecule has 0 unspecified atom stereocenters. The van der Waals surface area contributed by atoms with E-state index < -0.39 is 30.6 Å². The summed E-state index contributed by atoms with van der Waals surface area (Å²) in [5, 5.41) is 19.6. The number of carbonyl (C=O) groups is 2. The molecule has 0 saturated carbocycles. The minimum atomic E-state index is -1.05. The maximum Gasteiger partial charge on any atom is 0.254 e. The van der Waals surface area contributed by atoms with Gasteiger partial charge in [-0.15, -0.1) is 0 Å². The Balaban J connectivity index is 2.07. The van der Waals surface area contributed by atoms with Crippen LogP contribution < -0.4 is 0 Å². The molecule has 2 N–H and O–H groups in total. The highest BCUT2D eigenvalue weighted by Crippen LogP contribution is 2.14. The number of amides is 2. The zero-order valence-electron chi connectivity index (χ0n) is 16.8. The lowest BCUT2D eigenvalue weighted by Gasteiger charge is -2.27. The lowest BCUT2D eigenvalue weighted by atomic mass is 10.0. The van der Waals surface area contributed by atoms with Gasteiger partial charge >= 0.3 is 0 Å². The lowest BCUT2D eigenvalue weighted by molar-refractivity contribution is -0.143. The van der Waals surface area contributed by atoms with Gasteiger partial charge in [-0.05, 0) is 12.8 Å². The fourth-order valence-electron chi connectivity index (χ4n) is 3.37. The molecule has 0 spiro atoms. The summed E-state index contributed by atoms with van der Waals surface area (Å²) >= 11 is 0. The highest BCUT2D eigenvalue weighted by Gasteiger charge is 2.34. The van der Waals surface area contributed by atoms with E-state index in [0.29, 0.717) is 0 Å². The first-order valence-electron chi connectivity index (χ1n) is 10.6. The second kappa shape index (κ2) is 14.6. The molecule has 1 rings (SSSR count). The molecular formula is C22H37NO4. The van der Waals surface area contributed by atoms with Gasteiger partial charge in [-0.25, -0.2) is 0 Å². The average Bonchev–Trinajstić information content (AvgIpc) is 2.99. The van der Waals surface area contributed by atoms with Gasteiger partial charge in [0.1, 0.15) is 0 Å². The van der Waals surface area contributed by atoms with Gasteiger partial charge in [0.05, 0.1) is 18.8 Å². The molecule has 1 aliphatic rings. The highest BCUT2D eigenvalue weighted by molar-refractivity contribution is 6.13. The lowest BCUT2D eigenvalue weighted by Crippen LogP contribution is -2.48. The summed E-state index contributed by atoms with van der Waals surface area (Å²) in [4.78, 5) is 24.2. The molecule has 0 aromatic rings. The highest BCUT2D eigenvalue weighted by atomic mass is 16.3. The first kappa shape index (κ1) is 23.6. The predicted molar refractivity (Wildman–Crippen MR) is 108 cm³/mol. The van der Waals surface area contributed by atoms with Crippen LogP contribution in [0.15, 0.2) is 24.3 Å². The molecule has 0 aliphatic carbocycles. The Hall–Kier alpha value is -1.46. The molecule has 154 valence electrons. The van der Waals surface area contributed by atoms with Crippen LogP contribution in [0, 0.1) is 0 Å². The molecule has 0 aromatic carbocycles. The summed E-state index contributed by atoms with van der Waals surface area (Å²) in [5.74, 6) is -0.978. The smallest absolute Gasteiger partial charge is 0.254 e. The van der Waals surface area contributed by atoms with Gasteiger partial charge in [0.15, 0.2) is 0 Å². The third-order valence-corrected chi connectivity index (χ3v) is 5.06. The molecule has 0 saturated heterocycles. The van der Waals surface area contributed by atoms with Crippen molar-refractivity contribution in [3.8, 4) is 0 Å². The summed E-state index contributed by atoms with van der Waals surface area (Å²) in [6, 6.07) is -0.923. The van der Waals surface area contributed by atoms with E-state index >= 15 is 0 Å². The van der Waals surface area contributed by atoms with Gasteiger partial charge in [-0.1, -0.05) is 83.3 Å². The van der Waals surface area contributed by atoms with Crippen LogP contribution >= 0.6 is 0 Å². The number of nitrogens with zero attached hydrogens (tertiary/aromatic N) is 1. The van der Waals surface area contributed by atoms with Crippen LogP contribution in [0.4, 0.5) is 0 Å². The topological polar surface area (TPSA) is 77.8 Å². The van der Waals surface area contributed by atoms with Crippen molar-refractivity contribution in [3.63, 3.8) is 0 Å². The van der Waals surface area contributed by atoms with E-state index in [9.17, 15) is 19.8 Å². The predicted octanol–water partition coefficient (Wildman–Crippen LogP) is 3.89. The molecule has 0 radical (unpaired) electrons. The Bertz CT molecular complexity index is 469. The largest absolute Gasteiger partial charge is 0.394 e. The first-order chi connectivity index (χ1) is 13.1. The molecule has 0 bridgehead atoms. The minimum absolute atomic E-state index is 0.455. The van der Waals surface area contributed by atoms with Crippen molar-refractivity contribution in [2.45, 2.75) is 96.1 Å². The second-order valence-electron chi connectivity index (χ2n) is 7.37. The quantitative estimate of drug-likeness (QED) is 0.242. The fourth-order valence-corrected chi connectivity index (χ4v) is 3.37. The van der Waals surface area contributed by atoms with E-state index in [1.165, 1.54) is 64.2 Å².